The lowest BCUT2D eigenvalue weighted by molar-refractivity contribution is 0.147. The van der Waals surface area contributed by atoms with Gasteiger partial charge < -0.3 is 10.0 Å². The number of unbranched alkanes of at least 4 members (excludes halogenated alkanes) is 2. The lowest BCUT2D eigenvalue weighted by Gasteiger charge is -2.24. The second-order valence-corrected chi connectivity index (χ2v) is 9.78. The molecule has 28 heavy (non-hydrogen) atoms. The Morgan fingerprint density at radius 2 is 1.71 bits per heavy atom. The van der Waals surface area contributed by atoms with Gasteiger partial charge in [-0.05, 0) is 64.7 Å². The van der Waals surface area contributed by atoms with Crippen molar-refractivity contribution in [1.82, 2.24) is 4.90 Å². The predicted octanol–water partition coefficient (Wildman–Crippen LogP) is 3.79. The third-order valence-electron chi connectivity index (χ3n) is 5.00. The summed E-state index contributed by atoms with van der Waals surface area (Å²) >= 11 is 0. The molecule has 0 radical (unpaired) electrons. The van der Waals surface area contributed by atoms with Crippen molar-refractivity contribution in [2.75, 3.05) is 19.6 Å². The van der Waals surface area contributed by atoms with Crippen LogP contribution in [0.2, 0.25) is 0 Å². The highest BCUT2D eigenvalue weighted by atomic mass is 32.2. The van der Waals surface area contributed by atoms with E-state index in [1.807, 2.05) is 0 Å². The molecule has 0 heterocycles. The molecule has 0 amide bonds. The van der Waals surface area contributed by atoms with Crippen molar-refractivity contribution < 1.29 is 17.9 Å². The fourth-order valence-corrected chi connectivity index (χ4v) is 4.54. The van der Waals surface area contributed by atoms with Gasteiger partial charge in [-0.2, -0.15) is 0 Å². The smallest absolute Gasteiger partial charge is 0.218 e. The van der Waals surface area contributed by atoms with Gasteiger partial charge in [0.25, 0.3) is 0 Å². The van der Waals surface area contributed by atoms with Crippen molar-refractivity contribution in [3.63, 3.8) is 0 Å². The van der Waals surface area contributed by atoms with E-state index in [1.54, 1.807) is 44.2 Å². The maximum absolute atomic E-state index is 13.5. The van der Waals surface area contributed by atoms with Crippen LogP contribution in [0, 0.1) is 0 Å². The largest absolute Gasteiger partial charge is 0.391 e. The first-order valence-electron chi connectivity index (χ1n) is 10.2. The van der Waals surface area contributed by atoms with E-state index in [-0.39, 0.29) is 0 Å². The lowest BCUT2D eigenvalue weighted by Crippen LogP contribution is -2.32. The molecular formula is C21H37FN2O3S. The highest BCUT2D eigenvalue weighted by Gasteiger charge is 2.31. The number of hydrogen-bond donors (Lipinski definition) is 2. The lowest BCUT2D eigenvalue weighted by atomic mass is 10.0. The Hall–Kier alpha value is -1.02. The van der Waals surface area contributed by atoms with Gasteiger partial charge >= 0.3 is 0 Å². The summed E-state index contributed by atoms with van der Waals surface area (Å²) in [5.74, 6) is 0. The van der Waals surface area contributed by atoms with Gasteiger partial charge in [-0.3, -0.25) is 0 Å². The van der Waals surface area contributed by atoms with Crippen LogP contribution in [0.15, 0.2) is 30.3 Å². The molecule has 0 spiro atoms. The standard InChI is InChI=1S/C21H37FN2O3S/c1-4-24(16-10-6-9-15-21(2,3)22)17-11-14-19(25)20(28(23,26)27)18-12-7-5-8-13-18/h5,7-8,12-13,19-20,25H,4,6,9-11,14-17H2,1-3H3,(H2,23,26,27). The molecule has 2 atom stereocenters. The van der Waals surface area contributed by atoms with E-state index in [0.29, 0.717) is 24.8 Å². The van der Waals surface area contributed by atoms with Crippen LogP contribution in [-0.4, -0.2) is 49.8 Å². The van der Waals surface area contributed by atoms with Gasteiger partial charge in [0.2, 0.25) is 10.0 Å². The molecule has 0 bridgehead atoms. The number of aliphatic hydroxyl groups is 1. The number of nitrogens with two attached hydrogens (primary N) is 1. The Balaban J connectivity index is 2.44. The Bertz CT molecular complexity index is 647. The molecule has 3 N–H and O–H groups in total. The number of primary sulfonamides is 1. The third kappa shape index (κ3) is 9.96. The van der Waals surface area contributed by atoms with Gasteiger partial charge in [0.05, 0.1) is 6.10 Å². The fraction of sp³-hybridized carbons (Fsp3) is 0.714. The number of rotatable bonds is 14. The summed E-state index contributed by atoms with van der Waals surface area (Å²) in [6.45, 7) is 7.91. The molecule has 0 aromatic heterocycles. The summed E-state index contributed by atoms with van der Waals surface area (Å²) < 4.78 is 37.4. The number of sulfonamides is 1. The SMILES string of the molecule is CCN(CCCCCC(C)(C)F)CCCC(O)C(c1ccccc1)S(N)(=O)=O. The number of hydrogen-bond acceptors (Lipinski definition) is 4. The molecule has 0 aliphatic carbocycles. The topological polar surface area (TPSA) is 83.6 Å². The Morgan fingerprint density at radius 1 is 1.11 bits per heavy atom. The molecule has 1 aromatic carbocycles. The van der Waals surface area contributed by atoms with Crippen LogP contribution >= 0.6 is 0 Å². The fourth-order valence-electron chi connectivity index (χ4n) is 3.43. The van der Waals surface area contributed by atoms with Crippen molar-refractivity contribution in [1.29, 1.82) is 0 Å². The summed E-state index contributed by atoms with van der Waals surface area (Å²) in [6.07, 6.45) is 3.48. The van der Waals surface area contributed by atoms with E-state index in [1.165, 1.54) is 0 Å². The minimum absolute atomic E-state index is 0.364. The quantitative estimate of drug-likeness (QED) is 0.452. The minimum atomic E-state index is -3.90. The van der Waals surface area contributed by atoms with E-state index in [9.17, 15) is 17.9 Å². The molecule has 5 nitrogen and oxygen atoms in total. The highest BCUT2D eigenvalue weighted by Crippen LogP contribution is 2.26. The maximum atomic E-state index is 13.5. The molecule has 2 unspecified atom stereocenters. The summed E-state index contributed by atoms with van der Waals surface area (Å²) in [7, 11) is -3.90. The van der Waals surface area contributed by atoms with E-state index in [2.05, 4.69) is 11.8 Å². The zero-order chi connectivity index (χ0) is 21.2. The number of halogens is 1. The minimum Gasteiger partial charge on any atom is -0.391 e. The second kappa shape index (κ2) is 11.9. The van der Waals surface area contributed by atoms with Crippen LogP contribution in [0.1, 0.15) is 70.1 Å². The number of alkyl halides is 1. The van der Waals surface area contributed by atoms with E-state index < -0.39 is 27.0 Å². The predicted molar refractivity (Wildman–Crippen MR) is 113 cm³/mol. The normalized spacial score (nSPS) is 15.0. The molecule has 0 saturated heterocycles. The van der Waals surface area contributed by atoms with Crippen molar-refractivity contribution in [3.05, 3.63) is 35.9 Å². The molecule has 7 heteroatoms. The first kappa shape index (κ1) is 25.0. The Labute approximate surface area is 170 Å². The monoisotopic (exact) mass is 416 g/mol. The van der Waals surface area contributed by atoms with Crippen LogP contribution in [-0.2, 0) is 10.0 Å². The van der Waals surface area contributed by atoms with Crippen molar-refractivity contribution in [2.45, 2.75) is 76.3 Å². The van der Waals surface area contributed by atoms with Gasteiger partial charge in [-0.1, -0.05) is 50.1 Å². The highest BCUT2D eigenvalue weighted by molar-refractivity contribution is 7.89. The van der Waals surface area contributed by atoms with Gasteiger partial charge in [-0.15, -0.1) is 0 Å². The molecule has 0 saturated carbocycles. The van der Waals surface area contributed by atoms with Crippen LogP contribution in [0.5, 0.6) is 0 Å². The Morgan fingerprint density at radius 3 is 2.25 bits per heavy atom. The van der Waals surface area contributed by atoms with Crippen LogP contribution < -0.4 is 5.14 Å². The zero-order valence-corrected chi connectivity index (χ0v) is 18.3. The molecule has 0 aliphatic heterocycles. The Kier molecular flexibility index (Phi) is 10.6. The van der Waals surface area contributed by atoms with Crippen LogP contribution in [0.4, 0.5) is 4.39 Å². The average molecular weight is 417 g/mol. The average Bonchev–Trinajstić information content (AvgIpc) is 2.58. The summed E-state index contributed by atoms with van der Waals surface area (Å²) in [6, 6.07) is 8.63. The summed E-state index contributed by atoms with van der Waals surface area (Å²) in [5, 5.41) is 14.8. The number of nitrogens with zero attached hydrogens (tertiary/aromatic N) is 1. The number of aliphatic hydroxyl groups excluding tert-OH is 1. The van der Waals surface area contributed by atoms with Crippen molar-refractivity contribution >= 4 is 10.0 Å². The first-order valence-corrected chi connectivity index (χ1v) is 11.8. The molecular weight excluding hydrogens is 379 g/mol. The van der Waals surface area contributed by atoms with Gasteiger partial charge in [0, 0.05) is 0 Å². The summed E-state index contributed by atoms with van der Waals surface area (Å²) in [4.78, 5) is 2.28. The molecule has 1 rings (SSSR count). The molecule has 0 aliphatic rings. The zero-order valence-electron chi connectivity index (χ0n) is 17.5. The maximum Gasteiger partial charge on any atom is 0.218 e. The van der Waals surface area contributed by atoms with E-state index in [0.717, 1.165) is 38.9 Å². The van der Waals surface area contributed by atoms with Crippen LogP contribution in [0.25, 0.3) is 0 Å². The summed E-state index contributed by atoms with van der Waals surface area (Å²) in [5.41, 5.74) is -0.584. The van der Waals surface area contributed by atoms with Gasteiger partial charge in [0.1, 0.15) is 10.9 Å². The molecule has 162 valence electrons. The number of benzene rings is 1. The molecule has 1 aromatic rings. The van der Waals surface area contributed by atoms with Gasteiger partial charge in [0.15, 0.2) is 0 Å². The molecule has 0 fully saturated rings. The third-order valence-corrected chi connectivity index (χ3v) is 6.29. The van der Waals surface area contributed by atoms with Gasteiger partial charge in [-0.25, -0.2) is 17.9 Å². The first-order chi connectivity index (χ1) is 13.0. The van der Waals surface area contributed by atoms with E-state index in [4.69, 9.17) is 5.14 Å². The van der Waals surface area contributed by atoms with Crippen molar-refractivity contribution in [2.24, 2.45) is 5.14 Å². The van der Waals surface area contributed by atoms with E-state index >= 15 is 0 Å². The van der Waals surface area contributed by atoms with Crippen LogP contribution in [0.3, 0.4) is 0 Å². The second-order valence-electron chi connectivity index (χ2n) is 8.09. The van der Waals surface area contributed by atoms with Crippen molar-refractivity contribution in [3.8, 4) is 0 Å².